The van der Waals surface area contributed by atoms with Crippen LogP contribution in [0.4, 0.5) is 0 Å². The van der Waals surface area contributed by atoms with Crippen molar-refractivity contribution in [2.75, 3.05) is 26.0 Å². The average molecular weight is 448 g/mol. The van der Waals surface area contributed by atoms with Gasteiger partial charge in [0.25, 0.3) is 5.56 Å². The van der Waals surface area contributed by atoms with E-state index in [0.717, 1.165) is 47.5 Å². The first-order chi connectivity index (χ1) is 14.0. The Kier molecular flexibility index (Phi) is 6.01. The van der Waals surface area contributed by atoms with Gasteiger partial charge in [-0.05, 0) is 30.7 Å². The number of hydrogen-bond acceptors (Lipinski definition) is 6. The second kappa shape index (κ2) is 8.52. The van der Waals surface area contributed by atoms with E-state index in [-0.39, 0.29) is 5.56 Å². The molecule has 1 aromatic carbocycles. The second-order valence-electron chi connectivity index (χ2n) is 6.85. The van der Waals surface area contributed by atoms with Crippen molar-refractivity contribution in [3.05, 3.63) is 56.7 Å². The Bertz CT molecular complexity index is 1140. The first-order valence-electron chi connectivity index (χ1n) is 9.42. The Hall–Kier alpha value is -1.80. The molecule has 29 heavy (non-hydrogen) atoms. The Morgan fingerprint density at radius 1 is 1.45 bits per heavy atom. The number of benzene rings is 1. The van der Waals surface area contributed by atoms with Gasteiger partial charge >= 0.3 is 0 Å². The van der Waals surface area contributed by atoms with E-state index >= 15 is 0 Å². The van der Waals surface area contributed by atoms with Crippen molar-refractivity contribution in [1.29, 1.82) is 0 Å². The number of rotatable bonds is 6. The highest BCUT2D eigenvalue weighted by Crippen LogP contribution is 2.34. The molecule has 1 aliphatic heterocycles. The lowest BCUT2D eigenvalue weighted by atomic mass is 10.1. The molecule has 0 amide bonds. The van der Waals surface area contributed by atoms with Crippen LogP contribution in [0.5, 0.6) is 5.75 Å². The summed E-state index contributed by atoms with van der Waals surface area (Å²) in [5, 5.41) is 1.88. The van der Waals surface area contributed by atoms with Crippen LogP contribution in [0.2, 0.25) is 0 Å². The van der Waals surface area contributed by atoms with Crippen LogP contribution < -0.4 is 10.3 Å². The number of aromatic nitrogens is 2. The van der Waals surface area contributed by atoms with Gasteiger partial charge in [-0.1, -0.05) is 42.9 Å². The Morgan fingerprint density at radius 2 is 2.28 bits per heavy atom. The lowest BCUT2D eigenvalue weighted by Gasteiger charge is -2.25. The molecular weight excluding hydrogens is 426 g/mol. The van der Waals surface area contributed by atoms with Crippen LogP contribution in [0.25, 0.3) is 15.9 Å². The maximum atomic E-state index is 13.7. The summed E-state index contributed by atoms with van der Waals surface area (Å²) in [6.07, 6.45) is 0.878. The fourth-order valence-corrected chi connectivity index (χ4v) is 5.80. The monoisotopic (exact) mass is 447 g/mol. The van der Waals surface area contributed by atoms with Crippen LogP contribution >= 0.6 is 34.7 Å². The van der Waals surface area contributed by atoms with Crippen molar-refractivity contribution in [2.45, 2.75) is 25.0 Å². The lowest BCUT2D eigenvalue weighted by Crippen LogP contribution is -2.30. The van der Waals surface area contributed by atoms with E-state index in [1.807, 2.05) is 24.3 Å². The summed E-state index contributed by atoms with van der Waals surface area (Å²) in [5.41, 5.74) is 1.85. The molecule has 3 aromatic rings. The van der Waals surface area contributed by atoms with E-state index in [9.17, 15) is 4.79 Å². The zero-order valence-corrected chi connectivity index (χ0v) is 18.8. The van der Waals surface area contributed by atoms with Crippen molar-refractivity contribution < 1.29 is 4.74 Å². The van der Waals surface area contributed by atoms with Gasteiger partial charge in [0.2, 0.25) is 0 Å². The van der Waals surface area contributed by atoms with Crippen LogP contribution in [-0.2, 0) is 13.0 Å². The standard InChI is InChI=1S/C21H22ClN3O2S2/c1-4-24-9-8-16-17(11-24)29-19-18(16)20(26)25(21(23-19)28-12-13(2)22)14-6-5-7-15(10-14)27-3/h5-7,10H,2,4,8-9,11-12H2,1,3H3. The molecule has 0 fully saturated rings. The van der Waals surface area contributed by atoms with Crippen LogP contribution in [-0.4, -0.2) is 40.4 Å². The van der Waals surface area contributed by atoms with Crippen LogP contribution in [0, 0.1) is 0 Å². The van der Waals surface area contributed by atoms with Crippen molar-refractivity contribution >= 4 is 44.9 Å². The van der Waals surface area contributed by atoms with Gasteiger partial charge in [-0.3, -0.25) is 14.3 Å². The fourth-order valence-electron chi connectivity index (χ4n) is 3.56. The van der Waals surface area contributed by atoms with E-state index < -0.39 is 0 Å². The summed E-state index contributed by atoms with van der Waals surface area (Å²) in [6, 6.07) is 7.49. The fraction of sp³-hybridized carbons (Fsp3) is 0.333. The number of halogens is 1. The number of ether oxygens (including phenoxy) is 1. The molecule has 0 bridgehead atoms. The van der Waals surface area contributed by atoms with Gasteiger partial charge in [0, 0.05) is 34.8 Å². The first kappa shape index (κ1) is 20.5. The topological polar surface area (TPSA) is 47.4 Å². The second-order valence-corrected chi connectivity index (χ2v) is 9.41. The number of thioether (sulfide) groups is 1. The zero-order chi connectivity index (χ0) is 20.5. The summed E-state index contributed by atoms with van der Waals surface area (Å²) in [5.74, 6) is 1.18. The predicted molar refractivity (Wildman–Crippen MR) is 122 cm³/mol. The molecule has 8 heteroatoms. The lowest BCUT2D eigenvalue weighted by molar-refractivity contribution is 0.272. The molecule has 0 N–H and O–H groups in total. The van der Waals surface area contributed by atoms with Crippen molar-refractivity contribution in [2.24, 2.45) is 0 Å². The number of hydrogen-bond donors (Lipinski definition) is 0. The van der Waals surface area contributed by atoms with E-state index in [2.05, 4.69) is 18.4 Å². The summed E-state index contributed by atoms with van der Waals surface area (Å²) < 4.78 is 7.04. The van der Waals surface area contributed by atoms with Crippen LogP contribution in [0.3, 0.4) is 0 Å². The quantitative estimate of drug-likeness (QED) is 0.405. The zero-order valence-electron chi connectivity index (χ0n) is 16.4. The molecule has 1 aliphatic rings. The number of thiophene rings is 1. The third-order valence-electron chi connectivity index (χ3n) is 5.04. The number of nitrogens with zero attached hydrogens (tertiary/aromatic N) is 3. The van der Waals surface area contributed by atoms with Crippen molar-refractivity contribution in [1.82, 2.24) is 14.5 Å². The summed E-state index contributed by atoms with van der Waals surface area (Å²) in [4.78, 5) is 23.0. The maximum absolute atomic E-state index is 13.7. The summed E-state index contributed by atoms with van der Waals surface area (Å²) in [7, 11) is 1.62. The molecule has 0 atom stereocenters. The Labute approximate surface area is 183 Å². The minimum Gasteiger partial charge on any atom is -0.497 e. The van der Waals surface area contributed by atoms with E-state index in [4.69, 9.17) is 21.3 Å². The van der Waals surface area contributed by atoms with Gasteiger partial charge in [-0.25, -0.2) is 4.98 Å². The Balaban J connectivity index is 1.93. The molecule has 5 nitrogen and oxygen atoms in total. The SMILES string of the molecule is C=C(Cl)CSc1nc2sc3c(c2c(=O)n1-c1cccc(OC)c1)CCN(CC)C3. The number of methoxy groups -OCH3 is 1. The van der Waals surface area contributed by atoms with Gasteiger partial charge in [-0.2, -0.15) is 0 Å². The molecule has 0 aliphatic carbocycles. The maximum Gasteiger partial charge on any atom is 0.267 e. The first-order valence-corrected chi connectivity index (χ1v) is 11.6. The predicted octanol–water partition coefficient (Wildman–Crippen LogP) is 4.68. The largest absolute Gasteiger partial charge is 0.497 e. The summed E-state index contributed by atoms with van der Waals surface area (Å²) >= 11 is 9.05. The van der Waals surface area contributed by atoms with Gasteiger partial charge in [0.15, 0.2) is 5.16 Å². The highest BCUT2D eigenvalue weighted by atomic mass is 35.5. The molecule has 0 saturated heterocycles. The molecule has 152 valence electrons. The summed E-state index contributed by atoms with van der Waals surface area (Å²) in [6.45, 7) is 8.79. The smallest absolute Gasteiger partial charge is 0.267 e. The minimum atomic E-state index is -0.0339. The third kappa shape index (κ3) is 3.97. The Morgan fingerprint density at radius 3 is 3.00 bits per heavy atom. The van der Waals surface area contributed by atoms with Gasteiger partial charge in [0.1, 0.15) is 10.6 Å². The highest BCUT2D eigenvalue weighted by Gasteiger charge is 2.25. The van der Waals surface area contributed by atoms with Crippen LogP contribution in [0.15, 0.2) is 45.8 Å². The molecule has 4 rings (SSSR count). The molecule has 0 saturated carbocycles. The third-order valence-corrected chi connectivity index (χ3v) is 7.47. The molecular formula is C21H22ClN3O2S2. The molecule has 0 unspecified atom stereocenters. The van der Waals surface area contributed by atoms with Crippen molar-refractivity contribution in [3.63, 3.8) is 0 Å². The highest BCUT2D eigenvalue weighted by molar-refractivity contribution is 7.99. The van der Waals surface area contributed by atoms with Gasteiger partial charge in [0.05, 0.1) is 18.2 Å². The molecule has 3 heterocycles. The normalized spacial score (nSPS) is 14.2. The number of likely N-dealkylation sites (N-methyl/N-ethyl adjacent to an activating group) is 1. The average Bonchev–Trinajstić information content (AvgIpc) is 3.09. The number of fused-ring (bicyclic) bond motifs is 3. The van der Waals surface area contributed by atoms with Gasteiger partial charge < -0.3 is 4.74 Å². The minimum absolute atomic E-state index is 0.0339. The van der Waals surface area contributed by atoms with Crippen molar-refractivity contribution in [3.8, 4) is 11.4 Å². The molecule has 0 radical (unpaired) electrons. The molecule has 0 spiro atoms. The molecule has 2 aromatic heterocycles. The van der Waals surface area contributed by atoms with Crippen LogP contribution in [0.1, 0.15) is 17.4 Å². The van der Waals surface area contributed by atoms with E-state index in [1.54, 1.807) is 23.0 Å². The van der Waals surface area contributed by atoms with Gasteiger partial charge in [-0.15, -0.1) is 11.3 Å². The van der Waals surface area contributed by atoms with E-state index in [0.29, 0.717) is 21.7 Å². The van der Waals surface area contributed by atoms with E-state index in [1.165, 1.54) is 16.6 Å².